The van der Waals surface area contributed by atoms with Crippen molar-refractivity contribution in [1.29, 1.82) is 0 Å². The fourth-order valence-electron chi connectivity index (χ4n) is 4.69. The third-order valence-corrected chi connectivity index (χ3v) is 6.95. The highest BCUT2D eigenvalue weighted by Crippen LogP contribution is 2.43. The molecule has 1 aliphatic rings. The SMILES string of the molecule is CCOc1cc(/C(O)=C2/C(=O)C(=O)N(c3ccc(N(CC)CC)cc3)C2c2ccc(OC)cc2)ccc1Cl. The van der Waals surface area contributed by atoms with Crippen LogP contribution in [-0.4, -0.2) is 43.6 Å². The molecule has 8 heteroatoms. The average Bonchev–Trinajstić information content (AvgIpc) is 3.20. The van der Waals surface area contributed by atoms with Gasteiger partial charge in [-0.05, 0) is 80.9 Å². The predicted molar refractivity (Wildman–Crippen MR) is 150 cm³/mol. The topological polar surface area (TPSA) is 79.3 Å². The predicted octanol–water partition coefficient (Wildman–Crippen LogP) is 6.22. The number of benzene rings is 3. The van der Waals surface area contributed by atoms with E-state index < -0.39 is 17.7 Å². The van der Waals surface area contributed by atoms with Crippen molar-refractivity contribution in [3.05, 3.63) is 88.5 Å². The number of amides is 1. The number of carbonyl (C=O) groups is 2. The van der Waals surface area contributed by atoms with Gasteiger partial charge < -0.3 is 19.5 Å². The lowest BCUT2D eigenvalue weighted by Crippen LogP contribution is -2.29. The molecule has 0 radical (unpaired) electrons. The number of hydrogen-bond donors (Lipinski definition) is 1. The van der Waals surface area contributed by atoms with Crippen LogP contribution in [0.3, 0.4) is 0 Å². The second kappa shape index (κ2) is 11.6. The first-order chi connectivity index (χ1) is 18.3. The summed E-state index contributed by atoms with van der Waals surface area (Å²) < 4.78 is 10.9. The molecule has 38 heavy (non-hydrogen) atoms. The van der Waals surface area contributed by atoms with E-state index in [4.69, 9.17) is 21.1 Å². The van der Waals surface area contributed by atoms with Gasteiger partial charge >= 0.3 is 0 Å². The Morgan fingerprint density at radius 1 is 0.974 bits per heavy atom. The Morgan fingerprint density at radius 3 is 2.21 bits per heavy atom. The molecule has 1 N–H and O–H groups in total. The zero-order valence-corrected chi connectivity index (χ0v) is 22.7. The lowest BCUT2D eigenvalue weighted by molar-refractivity contribution is -0.132. The highest BCUT2D eigenvalue weighted by molar-refractivity contribution is 6.51. The molecule has 1 amide bonds. The summed E-state index contributed by atoms with van der Waals surface area (Å²) in [6, 6.07) is 18.5. The van der Waals surface area contributed by atoms with E-state index in [0.717, 1.165) is 18.8 Å². The van der Waals surface area contributed by atoms with E-state index in [1.807, 2.05) is 31.2 Å². The Morgan fingerprint density at radius 2 is 1.63 bits per heavy atom. The van der Waals surface area contributed by atoms with Crippen LogP contribution < -0.4 is 19.3 Å². The summed E-state index contributed by atoms with van der Waals surface area (Å²) in [7, 11) is 1.56. The van der Waals surface area contributed by atoms with Crippen molar-refractivity contribution in [2.45, 2.75) is 26.8 Å². The summed E-state index contributed by atoms with van der Waals surface area (Å²) in [6.45, 7) is 8.04. The number of aliphatic hydroxyl groups is 1. The van der Waals surface area contributed by atoms with Crippen LogP contribution in [0.5, 0.6) is 11.5 Å². The summed E-state index contributed by atoms with van der Waals surface area (Å²) in [5, 5.41) is 11.8. The molecule has 1 saturated heterocycles. The van der Waals surface area contributed by atoms with Crippen molar-refractivity contribution in [2.75, 3.05) is 36.6 Å². The van der Waals surface area contributed by atoms with Crippen molar-refractivity contribution in [2.24, 2.45) is 0 Å². The van der Waals surface area contributed by atoms with E-state index >= 15 is 0 Å². The molecule has 7 nitrogen and oxygen atoms in total. The van der Waals surface area contributed by atoms with Crippen molar-refractivity contribution < 1.29 is 24.2 Å². The zero-order valence-electron chi connectivity index (χ0n) is 21.9. The molecular weight excluding hydrogens is 504 g/mol. The molecule has 1 atom stereocenters. The van der Waals surface area contributed by atoms with E-state index in [2.05, 4.69) is 18.7 Å². The maximum Gasteiger partial charge on any atom is 0.300 e. The average molecular weight is 535 g/mol. The van der Waals surface area contributed by atoms with Crippen LogP contribution in [-0.2, 0) is 9.59 Å². The van der Waals surface area contributed by atoms with Crippen molar-refractivity contribution in [3.63, 3.8) is 0 Å². The summed E-state index contributed by atoms with van der Waals surface area (Å²) in [6.07, 6.45) is 0. The molecule has 0 bridgehead atoms. The van der Waals surface area contributed by atoms with Gasteiger partial charge in [-0.25, -0.2) is 0 Å². The van der Waals surface area contributed by atoms with Gasteiger partial charge in [0.1, 0.15) is 17.3 Å². The monoisotopic (exact) mass is 534 g/mol. The molecule has 0 saturated carbocycles. The fourth-order valence-corrected chi connectivity index (χ4v) is 4.86. The molecule has 0 spiro atoms. The van der Waals surface area contributed by atoms with Crippen LogP contribution >= 0.6 is 11.6 Å². The van der Waals surface area contributed by atoms with Gasteiger partial charge in [0, 0.05) is 30.0 Å². The number of Topliss-reactive ketones (excluding diaryl/α,β-unsaturated/α-hetero) is 1. The van der Waals surface area contributed by atoms with Crippen LogP contribution in [0.15, 0.2) is 72.3 Å². The molecule has 3 aromatic rings. The second-order valence-corrected chi connectivity index (χ2v) is 9.12. The van der Waals surface area contributed by atoms with Gasteiger partial charge in [0.2, 0.25) is 0 Å². The Balaban J connectivity index is 1.87. The Kier molecular flexibility index (Phi) is 8.27. The summed E-state index contributed by atoms with van der Waals surface area (Å²) in [5.41, 5.74) is 2.53. The quantitative estimate of drug-likeness (QED) is 0.199. The van der Waals surface area contributed by atoms with E-state index in [-0.39, 0.29) is 11.3 Å². The number of carbonyl (C=O) groups excluding carboxylic acids is 2. The lowest BCUT2D eigenvalue weighted by Gasteiger charge is -2.27. The van der Waals surface area contributed by atoms with Gasteiger partial charge in [-0.3, -0.25) is 14.5 Å². The highest BCUT2D eigenvalue weighted by atomic mass is 35.5. The number of nitrogens with zero attached hydrogens (tertiary/aromatic N) is 2. The third-order valence-electron chi connectivity index (χ3n) is 6.64. The summed E-state index contributed by atoms with van der Waals surface area (Å²) >= 11 is 6.24. The molecule has 1 aliphatic heterocycles. The van der Waals surface area contributed by atoms with E-state index in [9.17, 15) is 14.7 Å². The lowest BCUT2D eigenvalue weighted by atomic mass is 9.95. The minimum Gasteiger partial charge on any atom is -0.507 e. The van der Waals surface area contributed by atoms with Crippen LogP contribution in [0, 0.1) is 0 Å². The number of aliphatic hydroxyl groups excluding tert-OH is 1. The maximum absolute atomic E-state index is 13.5. The number of rotatable bonds is 9. The molecule has 0 aromatic heterocycles. The van der Waals surface area contributed by atoms with Gasteiger partial charge in [0.05, 0.1) is 30.4 Å². The Bertz CT molecular complexity index is 1350. The highest BCUT2D eigenvalue weighted by Gasteiger charge is 2.47. The smallest absolute Gasteiger partial charge is 0.300 e. The van der Waals surface area contributed by atoms with Crippen LogP contribution in [0.25, 0.3) is 5.76 Å². The molecule has 198 valence electrons. The fraction of sp³-hybridized carbons (Fsp3) is 0.267. The first kappa shape index (κ1) is 27.1. The Hall–Kier alpha value is -3.97. The zero-order chi connectivity index (χ0) is 27.4. The molecule has 1 heterocycles. The first-order valence-electron chi connectivity index (χ1n) is 12.6. The standard InChI is InChI=1S/C30H31ClN2O5/c1-5-32(6-2)21-11-13-22(14-12-21)33-27(19-8-15-23(37-4)16-9-19)26(29(35)30(33)36)28(34)20-10-17-24(31)25(18-20)38-7-3/h8-18,27,34H,5-7H2,1-4H3/b28-26-. The van der Waals surface area contributed by atoms with Gasteiger partial charge in [0.25, 0.3) is 11.7 Å². The molecule has 4 rings (SSSR count). The summed E-state index contributed by atoms with van der Waals surface area (Å²) in [4.78, 5) is 30.5. The van der Waals surface area contributed by atoms with E-state index in [1.165, 1.54) is 4.90 Å². The van der Waals surface area contributed by atoms with Gasteiger partial charge in [-0.15, -0.1) is 0 Å². The number of ketones is 1. The maximum atomic E-state index is 13.5. The van der Waals surface area contributed by atoms with Crippen molar-refractivity contribution in [3.8, 4) is 11.5 Å². The minimum absolute atomic E-state index is 0.0160. The van der Waals surface area contributed by atoms with E-state index in [1.54, 1.807) is 49.6 Å². The largest absolute Gasteiger partial charge is 0.507 e. The minimum atomic E-state index is -0.855. The second-order valence-electron chi connectivity index (χ2n) is 8.71. The third kappa shape index (κ3) is 5.07. The van der Waals surface area contributed by atoms with Crippen molar-refractivity contribution >= 4 is 40.4 Å². The number of methoxy groups -OCH3 is 1. The van der Waals surface area contributed by atoms with E-state index in [0.29, 0.717) is 39.9 Å². The summed E-state index contributed by atoms with van der Waals surface area (Å²) in [5.74, 6) is -0.788. The van der Waals surface area contributed by atoms with Gasteiger partial charge in [-0.2, -0.15) is 0 Å². The van der Waals surface area contributed by atoms with Crippen molar-refractivity contribution in [1.82, 2.24) is 0 Å². The first-order valence-corrected chi connectivity index (χ1v) is 12.9. The van der Waals surface area contributed by atoms with Crippen LogP contribution in [0.4, 0.5) is 11.4 Å². The Labute approximate surface area is 227 Å². The van der Waals surface area contributed by atoms with Gasteiger partial charge in [0.15, 0.2) is 0 Å². The molecule has 1 fully saturated rings. The molecule has 3 aromatic carbocycles. The number of halogens is 1. The molecule has 0 aliphatic carbocycles. The van der Waals surface area contributed by atoms with Gasteiger partial charge in [-0.1, -0.05) is 23.7 Å². The molecule has 1 unspecified atom stereocenters. The van der Waals surface area contributed by atoms with Crippen LogP contribution in [0.2, 0.25) is 5.02 Å². The molecular formula is C30H31ClN2O5. The van der Waals surface area contributed by atoms with Crippen LogP contribution in [0.1, 0.15) is 37.9 Å². The number of anilines is 2. The number of hydrogen-bond acceptors (Lipinski definition) is 6. The normalized spacial score (nSPS) is 16.6. The number of ether oxygens (including phenoxy) is 2.